The average Bonchev–Trinajstić information content (AvgIpc) is 2.56. The molecule has 130 valence electrons. The monoisotopic (exact) mass is 327 g/mol. The molecule has 1 aliphatic rings. The molecule has 1 aromatic rings. The molecule has 0 heterocycles. The average molecular weight is 327 g/mol. The van der Waals surface area contributed by atoms with Gasteiger partial charge in [0.25, 0.3) is 0 Å². The maximum absolute atomic E-state index is 11.7. The lowest BCUT2D eigenvalue weighted by Crippen LogP contribution is -2.32. The van der Waals surface area contributed by atoms with E-state index in [0.717, 1.165) is 32.5 Å². The second-order valence-corrected chi connectivity index (χ2v) is 6.81. The van der Waals surface area contributed by atoms with Gasteiger partial charge in [0, 0.05) is 25.6 Å². The van der Waals surface area contributed by atoms with Crippen molar-refractivity contribution in [1.29, 1.82) is 0 Å². The highest BCUT2D eigenvalue weighted by atomic mass is 16.3. The van der Waals surface area contributed by atoms with Crippen molar-refractivity contribution in [2.24, 2.45) is 5.92 Å². The number of benzene rings is 1. The van der Waals surface area contributed by atoms with Gasteiger partial charge in [-0.2, -0.15) is 0 Å². The van der Waals surface area contributed by atoms with Gasteiger partial charge >= 0.3 is 0 Å². The van der Waals surface area contributed by atoms with Gasteiger partial charge in [-0.15, -0.1) is 13.2 Å². The molecule has 1 fully saturated rings. The summed E-state index contributed by atoms with van der Waals surface area (Å²) in [6.45, 7) is 11.8. The molecular formula is C21H29NO2. The number of hydrogen-bond donors (Lipinski definition) is 1. The molecule has 3 nitrogen and oxygen atoms in total. The number of aliphatic hydroxyl groups excluding tert-OH is 1. The van der Waals surface area contributed by atoms with Crippen LogP contribution in [0.4, 0.5) is 0 Å². The fourth-order valence-electron chi connectivity index (χ4n) is 3.62. The van der Waals surface area contributed by atoms with E-state index in [0.29, 0.717) is 12.3 Å². The summed E-state index contributed by atoms with van der Waals surface area (Å²) in [6.07, 6.45) is 5.77. The number of hydrogen-bond acceptors (Lipinski definition) is 3. The number of nitrogens with zero attached hydrogens (tertiary/aromatic N) is 1. The quantitative estimate of drug-likeness (QED) is 0.740. The van der Waals surface area contributed by atoms with Crippen molar-refractivity contribution in [3.05, 3.63) is 60.7 Å². The summed E-state index contributed by atoms with van der Waals surface area (Å²) >= 11 is 0. The van der Waals surface area contributed by atoms with E-state index in [1.54, 1.807) is 6.92 Å². The van der Waals surface area contributed by atoms with Crippen LogP contribution in [0, 0.1) is 5.92 Å². The van der Waals surface area contributed by atoms with Gasteiger partial charge in [-0.1, -0.05) is 36.4 Å². The van der Waals surface area contributed by atoms with Crippen molar-refractivity contribution in [2.75, 3.05) is 13.1 Å². The molecule has 1 aliphatic carbocycles. The molecule has 1 N–H and O–H groups in total. The molecule has 0 radical (unpaired) electrons. The fraction of sp³-hybridized carbons (Fsp3) is 0.476. The molecular weight excluding hydrogens is 298 g/mol. The maximum atomic E-state index is 11.7. The lowest BCUT2D eigenvalue weighted by atomic mass is 9.75. The van der Waals surface area contributed by atoms with Gasteiger partial charge in [0.1, 0.15) is 5.78 Å². The number of ketones is 1. The standard InChI is InChI=1S/C21H29NO2/c1-4-12-22(13-5-2)15-17-6-8-18(9-7-17)19-10-11-21(24)20(14-19)16(3)23/h4-9,19-21,24H,1-2,10-15H2,3H3. The molecule has 0 aliphatic heterocycles. The van der Waals surface area contributed by atoms with Crippen molar-refractivity contribution in [3.63, 3.8) is 0 Å². The molecule has 0 aromatic heterocycles. The molecule has 1 saturated carbocycles. The molecule has 0 amide bonds. The highest BCUT2D eigenvalue weighted by Crippen LogP contribution is 2.36. The van der Waals surface area contributed by atoms with Gasteiger partial charge in [-0.3, -0.25) is 9.69 Å². The molecule has 1 aromatic carbocycles. The van der Waals surface area contributed by atoms with E-state index in [-0.39, 0.29) is 11.7 Å². The van der Waals surface area contributed by atoms with Crippen LogP contribution < -0.4 is 0 Å². The van der Waals surface area contributed by atoms with Gasteiger partial charge in [0.2, 0.25) is 0 Å². The van der Waals surface area contributed by atoms with Crippen LogP contribution in [0.15, 0.2) is 49.6 Å². The fourth-order valence-corrected chi connectivity index (χ4v) is 3.62. The number of Topliss-reactive ketones (excluding diaryl/α,β-unsaturated/α-hetero) is 1. The predicted octanol–water partition coefficient (Wildman–Crippen LogP) is 3.69. The maximum Gasteiger partial charge on any atom is 0.135 e. The Balaban J connectivity index is 2.02. The van der Waals surface area contributed by atoms with E-state index in [1.807, 2.05) is 12.2 Å². The molecule has 0 saturated heterocycles. The number of carbonyl (C=O) groups is 1. The summed E-state index contributed by atoms with van der Waals surface area (Å²) in [4.78, 5) is 14.0. The lowest BCUT2D eigenvalue weighted by Gasteiger charge is -2.32. The Morgan fingerprint density at radius 1 is 1.21 bits per heavy atom. The second-order valence-electron chi connectivity index (χ2n) is 6.81. The minimum atomic E-state index is -0.468. The number of rotatable bonds is 8. The first kappa shape index (κ1) is 18.6. The SMILES string of the molecule is C=CCN(CC=C)Cc1ccc(C2CCC(O)C(C(C)=O)C2)cc1. The first-order valence-electron chi connectivity index (χ1n) is 8.76. The minimum Gasteiger partial charge on any atom is -0.392 e. The zero-order valence-electron chi connectivity index (χ0n) is 14.7. The van der Waals surface area contributed by atoms with Crippen LogP contribution in [-0.4, -0.2) is 35.0 Å². The Bertz CT molecular complexity index is 554. The second kappa shape index (κ2) is 8.95. The molecule has 24 heavy (non-hydrogen) atoms. The van der Waals surface area contributed by atoms with Crippen LogP contribution in [0.5, 0.6) is 0 Å². The smallest absolute Gasteiger partial charge is 0.135 e. The minimum absolute atomic E-state index is 0.105. The summed E-state index contributed by atoms with van der Waals surface area (Å²) < 4.78 is 0. The highest BCUT2D eigenvalue weighted by Gasteiger charge is 2.32. The summed E-state index contributed by atoms with van der Waals surface area (Å²) in [7, 11) is 0. The van der Waals surface area contributed by atoms with E-state index in [4.69, 9.17) is 0 Å². The summed E-state index contributed by atoms with van der Waals surface area (Å²) in [5.41, 5.74) is 2.54. The van der Waals surface area contributed by atoms with Gasteiger partial charge in [0.05, 0.1) is 6.10 Å². The topological polar surface area (TPSA) is 40.5 Å². The van der Waals surface area contributed by atoms with Crippen LogP contribution in [0.3, 0.4) is 0 Å². The molecule has 3 unspecified atom stereocenters. The third-order valence-electron chi connectivity index (χ3n) is 4.97. The van der Waals surface area contributed by atoms with Gasteiger partial charge < -0.3 is 5.11 Å². The van der Waals surface area contributed by atoms with Crippen molar-refractivity contribution in [1.82, 2.24) is 4.90 Å². The van der Waals surface area contributed by atoms with E-state index >= 15 is 0 Å². The van der Waals surface area contributed by atoms with Crippen LogP contribution in [0.1, 0.15) is 43.2 Å². The number of aliphatic hydroxyl groups is 1. The Hall–Kier alpha value is -1.71. The largest absolute Gasteiger partial charge is 0.392 e. The van der Waals surface area contributed by atoms with Crippen LogP contribution in [-0.2, 0) is 11.3 Å². The Morgan fingerprint density at radius 2 is 1.83 bits per heavy atom. The molecule has 0 spiro atoms. The lowest BCUT2D eigenvalue weighted by molar-refractivity contribution is -0.126. The van der Waals surface area contributed by atoms with Gasteiger partial charge in [-0.25, -0.2) is 0 Å². The van der Waals surface area contributed by atoms with E-state index in [1.165, 1.54) is 11.1 Å². The summed E-state index contributed by atoms with van der Waals surface area (Å²) in [6, 6.07) is 8.69. The normalized spacial score (nSPS) is 23.9. The van der Waals surface area contributed by atoms with E-state index in [2.05, 4.69) is 42.3 Å². The molecule has 3 heteroatoms. The van der Waals surface area contributed by atoms with Gasteiger partial charge in [-0.05, 0) is 43.2 Å². The summed E-state index contributed by atoms with van der Waals surface area (Å²) in [5.74, 6) is 0.265. The van der Waals surface area contributed by atoms with Crippen molar-refractivity contribution in [3.8, 4) is 0 Å². The third kappa shape index (κ3) is 4.89. The predicted molar refractivity (Wildman–Crippen MR) is 98.9 cm³/mol. The zero-order valence-corrected chi connectivity index (χ0v) is 14.7. The van der Waals surface area contributed by atoms with E-state index < -0.39 is 6.10 Å². The Labute approximate surface area is 145 Å². The zero-order chi connectivity index (χ0) is 17.5. The summed E-state index contributed by atoms with van der Waals surface area (Å²) in [5, 5.41) is 10.0. The van der Waals surface area contributed by atoms with Crippen LogP contribution in [0.2, 0.25) is 0 Å². The van der Waals surface area contributed by atoms with Crippen molar-refractivity contribution in [2.45, 2.75) is 44.8 Å². The van der Waals surface area contributed by atoms with Crippen molar-refractivity contribution >= 4 is 5.78 Å². The van der Waals surface area contributed by atoms with Crippen LogP contribution in [0.25, 0.3) is 0 Å². The van der Waals surface area contributed by atoms with Gasteiger partial charge in [0.15, 0.2) is 0 Å². The van der Waals surface area contributed by atoms with E-state index in [9.17, 15) is 9.90 Å². The van der Waals surface area contributed by atoms with Crippen molar-refractivity contribution < 1.29 is 9.90 Å². The first-order valence-corrected chi connectivity index (χ1v) is 8.76. The first-order chi connectivity index (χ1) is 11.5. The molecule has 3 atom stereocenters. The number of carbonyl (C=O) groups excluding carboxylic acids is 1. The Kier molecular flexibility index (Phi) is 6.95. The molecule has 2 rings (SSSR count). The highest BCUT2D eigenvalue weighted by molar-refractivity contribution is 5.79. The van der Waals surface area contributed by atoms with Crippen LogP contribution >= 0.6 is 0 Å². The third-order valence-corrected chi connectivity index (χ3v) is 4.97. The molecule has 0 bridgehead atoms. The Morgan fingerprint density at radius 3 is 2.38 bits per heavy atom.